The molecule has 0 aliphatic carbocycles. The molecule has 1 N–H and O–H groups in total. The van der Waals surface area contributed by atoms with Gasteiger partial charge in [-0.1, -0.05) is 0 Å². The molecule has 4 heterocycles. The van der Waals surface area contributed by atoms with Gasteiger partial charge < -0.3 is 15.0 Å². The highest BCUT2D eigenvalue weighted by Crippen LogP contribution is 2.35. The lowest BCUT2D eigenvalue weighted by Gasteiger charge is -2.32. The summed E-state index contributed by atoms with van der Waals surface area (Å²) in [7, 11) is 0. The second-order valence-electron chi connectivity index (χ2n) is 7.49. The van der Waals surface area contributed by atoms with Crippen LogP contribution in [0.5, 0.6) is 0 Å². The smallest absolute Gasteiger partial charge is 0.381 e. The number of aromatic nitrogens is 3. The zero-order valence-corrected chi connectivity index (χ0v) is 17.0. The Hall–Kier alpha value is -2.27. The lowest BCUT2D eigenvalue weighted by Crippen LogP contribution is -2.39. The number of hydrogen-bond donors (Lipinski definition) is 1. The molecule has 1 amide bonds. The Kier molecular flexibility index (Phi) is 6.19. The minimum atomic E-state index is -4.42. The number of hydrogen-bond acceptors (Lipinski definition) is 7. The highest BCUT2D eigenvalue weighted by Gasteiger charge is 2.35. The second kappa shape index (κ2) is 8.84. The van der Waals surface area contributed by atoms with Crippen molar-refractivity contribution < 1.29 is 22.7 Å². The molecule has 11 heteroatoms. The molecular formula is C19H22F3N5O2S. The van der Waals surface area contributed by atoms with Crippen molar-refractivity contribution in [3.63, 3.8) is 0 Å². The molecule has 0 aromatic carbocycles. The molecule has 2 fully saturated rings. The number of halogens is 3. The normalized spacial score (nSPS) is 20.9. The van der Waals surface area contributed by atoms with Crippen LogP contribution in [0.15, 0.2) is 17.5 Å². The molecule has 2 aromatic heterocycles. The lowest BCUT2D eigenvalue weighted by molar-refractivity contribution is -0.140. The first-order chi connectivity index (χ1) is 14.4. The minimum absolute atomic E-state index is 0.0791. The van der Waals surface area contributed by atoms with Gasteiger partial charge in [0.25, 0.3) is 5.91 Å². The Labute approximate surface area is 175 Å². The van der Waals surface area contributed by atoms with E-state index in [1.165, 1.54) is 0 Å². The molecule has 30 heavy (non-hydrogen) atoms. The third-order valence-corrected chi connectivity index (χ3v) is 6.35. The van der Waals surface area contributed by atoms with Crippen LogP contribution >= 0.6 is 11.3 Å². The van der Waals surface area contributed by atoms with Gasteiger partial charge in [0.15, 0.2) is 17.2 Å². The number of nitrogens with zero attached hydrogens (tertiary/aromatic N) is 4. The predicted octanol–water partition coefficient (Wildman–Crippen LogP) is 3.24. The van der Waals surface area contributed by atoms with Crippen LogP contribution in [0.2, 0.25) is 0 Å². The van der Waals surface area contributed by atoms with Gasteiger partial charge in [0.05, 0.1) is 5.01 Å². The van der Waals surface area contributed by atoms with E-state index >= 15 is 0 Å². The number of piperidine rings is 1. The summed E-state index contributed by atoms with van der Waals surface area (Å²) < 4.78 is 43.8. The first-order valence-corrected chi connectivity index (χ1v) is 10.8. The second-order valence-corrected chi connectivity index (χ2v) is 8.38. The van der Waals surface area contributed by atoms with Gasteiger partial charge in [0.2, 0.25) is 0 Å². The van der Waals surface area contributed by atoms with Gasteiger partial charge in [-0.15, -0.1) is 21.5 Å². The van der Waals surface area contributed by atoms with E-state index in [9.17, 15) is 18.0 Å². The van der Waals surface area contributed by atoms with E-state index in [0.717, 1.165) is 48.9 Å². The average Bonchev–Trinajstić information content (AvgIpc) is 3.26. The molecule has 0 radical (unpaired) electrons. The quantitative estimate of drug-likeness (QED) is 0.785. The minimum Gasteiger partial charge on any atom is -0.381 e. The first-order valence-electron chi connectivity index (χ1n) is 9.90. The lowest BCUT2D eigenvalue weighted by atomic mass is 9.99. The van der Waals surface area contributed by atoms with Crippen LogP contribution in [0.4, 0.5) is 19.0 Å². The van der Waals surface area contributed by atoms with Crippen LogP contribution in [0.25, 0.3) is 0 Å². The summed E-state index contributed by atoms with van der Waals surface area (Å²) in [5.74, 6) is 0.257. The van der Waals surface area contributed by atoms with Crippen molar-refractivity contribution in [2.75, 3.05) is 31.2 Å². The summed E-state index contributed by atoms with van der Waals surface area (Å²) in [4.78, 5) is 18.1. The fourth-order valence-electron chi connectivity index (χ4n) is 3.71. The summed E-state index contributed by atoms with van der Waals surface area (Å²) in [6.07, 6.45) is -1.27. The largest absolute Gasteiger partial charge is 0.434 e. The molecule has 0 spiro atoms. The van der Waals surface area contributed by atoms with Crippen LogP contribution in [0.1, 0.15) is 52.8 Å². The molecule has 2 aliphatic heterocycles. The van der Waals surface area contributed by atoms with E-state index in [1.807, 2.05) is 4.90 Å². The summed E-state index contributed by atoms with van der Waals surface area (Å²) in [5, 5.41) is 12.7. The van der Waals surface area contributed by atoms with Crippen LogP contribution in [-0.2, 0) is 10.9 Å². The average molecular weight is 441 g/mol. The van der Waals surface area contributed by atoms with E-state index in [0.29, 0.717) is 30.6 Å². The molecule has 162 valence electrons. The van der Waals surface area contributed by atoms with E-state index in [4.69, 9.17) is 4.74 Å². The molecule has 0 saturated carbocycles. The summed E-state index contributed by atoms with van der Waals surface area (Å²) in [6.45, 7) is 2.52. The standard InChI is InChI=1S/C19H22F3N5O2S/c20-19(21,22)15-11-30-18(24-15)12-2-1-7-27(10-12)16-4-3-14(25-26-16)17(28)23-13-5-8-29-9-6-13/h3-4,11-13H,1-2,5-10H2,(H,23,28). The predicted molar refractivity (Wildman–Crippen MR) is 105 cm³/mol. The van der Waals surface area contributed by atoms with Crippen molar-refractivity contribution in [2.45, 2.75) is 43.8 Å². The zero-order chi connectivity index (χ0) is 21.1. The van der Waals surface area contributed by atoms with Crippen molar-refractivity contribution >= 4 is 23.1 Å². The summed E-state index contributed by atoms with van der Waals surface area (Å²) in [6, 6.07) is 3.44. The van der Waals surface area contributed by atoms with Crippen molar-refractivity contribution in [1.82, 2.24) is 20.5 Å². The number of amides is 1. The number of nitrogens with one attached hydrogen (secondary N) is 1. The number of carbonyl (C=O) groups excluding carboxylic acids is 1. The fraction of sp³-hybridized carbons (Fsp3) is 0.579. The summed E-state index contributed by atoms with van der Waals surface area (Å²) >= 11 is 1.05. The van der Waals surface area contributed by atoms with E-state index in [1.54, 1.807) is 12.1 Å². The topological polar surface area (TPSA) is 80.2 Å². The molecule has 1 atom stereocenters. The van der Waals surface area contributed by atoms with Gasteiger partial charge in [-0.05, 0) is 37.8 Å². The molecule has 2 aliphatic rings. The van der Waals surface area contributed by atoms with Gasteiger partial charge in [0.1, 0.15) is 0 Å². The Bertz CT molecular complexity index is 868. The Morgan fingerprint density at radius 3 is 2.67 bits per heavy atom. The number of alkyl halides is 3. The molecular weight excluding hydrogens is 419 g/mol. The molecule has 7 nitrogen and oxygen atoms in total. The van der Waals surface area contributed by atoms with Crippen LogP contribution in [0.3, 0.4) is 0 Å². The Morgan fingerprint density at radius 1 is 1.20 bits per heavy atom. The maximum absolute atomic E-state index is 12.8. The Morgan fingerprint density at radius 2 is 2.00 bits per heavy atom. The number of carbonyl (C=O) groups is 1. The van der Waals surface area contributed by atoms with Gasteiger partial charge in [-0.3, -0.25) is 4.79 Å². The van der Waals surface area contributed by atoms with Gasteiger partial charge in [0, 0.05) is 43.6 Å². The number of rotatable bonds is 4. The third-order valence-electron chi connectivity index (χ3n) is 5.35. The molecule has 0 bridgehead atoms. The Balaban J connectivity index is 1.38. The molecule has 1 unspecified atom stereocenters. The fourth-order valence-corrected chi connectivity index (χ4v) is 4.66. The molecule has 4 rings (SSSR count). The summed E-state index contributed by atoms with van der Waals surface area (Å²) in [5.41, 5.74) is -0.590. The maximum Gasteiger partial charge on any atom is 0.434 e. The van der Waals surface area contributed by atoms with Gasteiger partial charge >= 0.3 is 6.18 Å². The maximum atomic E-state index is 12.8. The van der Waals surface area contributed by atoms with Crippen LogP contribution in [0, 0.1) is 0 Å². The van der Waals surface area contributed by atoms with Gasteiger partial charge in [-0.2, -0.15) is 13.2 Å². The third kappa shape index (κ3) is 4.89. The number of anilines is 1. The zero-order valence-electron chi connectivity index (χ0n) is 16.2. The van der Waals surface area contributed by atoms with Crippen molar-refractivity contribution in [3.8, 4) is 0 Å². The van der Waals surface area contributed by atoms with E-state index in [-0.39, 0.29) is 23.6 Å². The molecule has 2 saturated heterocycles. The van der Waals surface area contributed by atoms with Gasteiger partial charge in [-0.25, -0.2) is 4.98 Å². The number of thiazole rings is 1. The van der Waals surface area contributed by atoms with Crippen molar-refractivity contribution in [2.24, 2.45) is 0 Å². The monoisotopic (exact) mass is 441 g/mol. The van der Waals surface area contributed by atoms with Crippen LogP contribution < -0.4 is 10.2 Å². The SMILES string of the molecule is O=C(NC1CCOCC1)c1ccc(N2CCCC(c3nc(C(F)(F)F)cs3)C2)nn1. The first kappa shape index (κ1) is 21.0. The van der Waals surface area contributed by atoms with E-state index < -0.39 is 11.9 Å². The van der Waals surface area contributed by atoms with Crippen molar-refractivity contribution in [3.05, 3.63) is 33.9 Å². The van der Waals surface area contributed by atoms with Crippen molar-refractivity contribution in [1.29, 1.82) is 0 Å². The number of ether oxygens (including phenoxy) is 1. The van der Waals surface area contributed by atoms with E-state index in [2.05, 4.69) is 20.5 Å². The highest BCUT2D eigenvalue weighted by molar-refractivity contribution is 7.09. The highest BCUT2D eigenvalue weighted by atomic mass is 32.1. The van der Waals surface area contributed by atoms with Crippen LogP contribution in [-0.4, -0.2) is 53.4 Å². The molecule has 2 aromatic rings.